The van der Waals surface area contributed by atoms with Crippen molar-refractivity contribution in [3.05, 3.63) is 53.6 Å². The normalized spacial score (nSPS) is 19.9. The Morgan fingerprint density at radius 1 is 1.15 bits per heavy atom. The van der Waals surface area contributed by atoms with Gasteiger partial charge in [-0.3, -0.25) is 9.69 Å². The average molecular weight is 467 g/mol. The van der Waals surface area contributed by atoms with E-state index in [4.69, 9.17) is 18.9 Å². The largest absolute Gasteiger partial charge is 0.479 e. The lowest BCUT2D eigenvalue weighted by Gasteiger charge is -2.29. The zero-order chi connectivity index (χ0) is 23.3. The van der Waals surface area contributed by atoms with Gasteiger partial charge in [-0.05, 0) is 73.9 Å². The quantitative estimate of drug-likeness (QED) is 0.545. The van der Waals surface area contributed by atoms with Crippen LogP contribution in [0.5, 0.6) is 17.2 Å². The van der Waals surface area contributed by atoms with Gasteiger partial charge >= 0.3 is 0 Å². The Balaban J connectivity index is 1.32. The Morgan fingerprint density at radius 2 is 2.03 bits per heavy atom. The molecule has 7 nitrogen and oxygen atoms in total. The molecule has 1 amide bonds. The number of carbonyl (C=O) groups excluding carboxylic acids is 1. The SMILES string of the molecule is Cc1cccc(O[C@@H](CN(Cc2ccc3c(c2)OCO3)C[C@@H]2CCCO2)C(=O)NCC2CC2)c1. The van der Waals surface area contributed by atoms with Crippen molar-refractivity contribution in [1.29, 1.82) is 0 Å². The number of amides is 1. The molecule has 182 valence electrons. The zero-order valence-corrected chi connectivity index (χ0v) is 19.8. The Kier molecular flexibility index (Phi) is 7.21. The van der Waals surface area contributed by atoms with Gasteiger partial charge in [-0.1, -0.05) is 18.2 Å². The third-order valence-corrected chi connectivity index (χ3v) is 6.58. The van der Waals surface area contributed by atoms with Crippen LogP contribution in [-0.2, 0) is 16.1 Å². The maximum atomic E-state index is 13.2. The number of nitrogens with zero attached hydrogens (tertiary/aromatic N) is 1. The number of hydrogen-bond acceptors (Lipinski definition) is 6. The molecule has 1 saturated heterocycles. The topological polar surface area (TPSA) is 69.3 Å². The molecule has 0 aromatic heterocycles. The van der Waals surface area contributed by atoms with E-state index in [1.807, 2.05) is 43.3 Å². The molecule has 5 rings (SSSR count). The van der Waals surface area contributed by atoms with Crippen molar-refractivity contribution in [3.63, 3.8) is 0 Å². The van der Waals surface area contributed by atoms with Crippen LogP contribution in [0.4, 0.5) is 0 Å². The fraction of sp³-hybridized carbons (Fsp3) is 0.519. The number of ether oxygens (including phenoxy) is 4. The first kappa shape index (κ1) is 23.0. The van der Waals surface area contributed by atoms with Gasteiger partial charge in [0.15, 0.2) is 17.6 Å². The van der Waals surface area contributed by atoms with Crippen molar-refractivity contribution in [2.24, 2.45) is 5.92 Å². The van der Waals surface area contributed by atoms with Gasteiger partial charge in [0.25, 0.3) is 5.91 Å². The highest BCUT2D eigenvalue weighted by molar-refractivity contribution is 5.81. The summed E-state index contributed by atoms with van der Waals surface area (Å²) < 4.78 is 23.2. The second-order valence-corrected chi connectivity index (χ2v) is 9.63. The molecule has 1 saturated carbocycles. The number of hydrogen-bond donors (Lipinski definition) is 1. The van der Waals surface area contributed by atoms with E-state index in [-0.39, 0.29) is 18.8 Å². The molecule has 2 aromatic rings. The summed E-state index contributed by atoms with van der Waals surface area (Å²) in [6.45, 7) is 5.69. The first-order valence-corrected chi connectivity index (χ1v) is 12.4. The van der Waals surface area contributed by atoms with E-state index in [0.717, 1.165) is 55.2 Å². The van der Waals surface area contributed by atoms with Crippen molar-refractivity contribution < 1.29 is 23.7 Å². The van der Waals surface area contributed by atoms with Crippen LogP contribution in [0.3, 0.4) is 0 Å². The summed E-state index contributed by atoms with van der Waals surface area (Å²) in [5, 5.41) is 3.12. The van der Waals surface area contributed by atoms with Crippen molar-refractivity contribution in [2.75, 3.05) is 33.0 Å². The lowest BCUT2D eigenvalue weighted by atomic mass is 10.1. The molecule has 2 aliphatic heterocycles. The van der Waals surface area contributed by atoms with Gasteiger partial charge in [0, 0.05) is 32.8 Å². The molecule has 2 fully saturated rings. The Morgan fingerprint density at radius 3 is 2.82 bits per heavy atom. The molecule has 0 radical (unpaired) electrons. The fourth-order valence-corrected chi connectivity index (χ4v) is 4.52. The van der Waals surface area contributed by atoms with Crippen molar-refractivity contribution in [1.82, 2.24) is 10.2 Å². The second kappa shape index (κ2) is 10.7. The van der Waals surface area contributed by atoms with Gasteiger partial charge in [0.2, 0.25) is 6.79 Å². The van der Waals surface area contributed by atoms with E-state index in [1.165, 1.54) is 12.8 Å². The van der Waals surface area contributed by atoms with E-state index in [0.29, 0.717) is 24.8 Å². The van der Waals surface area contributed by atoms with Crippen LogP contribution in [0.25, 0.3) is 0 Å². The van der Waals surface area contributed by atoms with Crippen LogP contribution >= 0.6 is 0 Å². The molecule has 3 aliphatic rings. The monoisotopic (exact) mass is 466 g/mol. The van der Waals surface area contributed by atoms with Gasteiger partial charge in [-0.2, -0.15) is 0 Å². The summed E-state index contributed by atoms with van der Waals surface area (Å²) in [5.41, 5.74) is 2.21. The molecule has 1 N–H and O–H groups in total. The Labute approximate surface area is 201 Å². The molecule has 2 aromatic carbocycles. The van der Waals surface area contributed by atoms with Crippen LogP contribution < -0.4 is 19.5 Å². The molecule has 2 heterocycles. The predicted molar refractivity (Wildman–Crippen MR) is 128 cm³/mol. The number of carbonyl (C=O) groups is 1. The van der Waals surface area contributed by atoms with Crippen LogP contribution in [0.15, 0.2) is 42.5 Å². The van der Waals surface area contributed by atoms with E-state index >= 15 is 0 Å². The summed E-state index contributed by atoms with van der Waals surface area (Å²) >= 11 is 0. The molecule has 7 heteroatoms. The number of rotatable bonds is 11. The van der Waals surface area contributed by atoms with E-state index in [1.54, 1.807) is 0 Å². The standard InChI is InChI=1S/C27H34N2O5/c1-19-4-2-5-22(12-19)34-26(27(30)28-14-20-7-8-20)17-29(16-23-6-3-11-31-23)15-21-9-10-24-25(13-21)33-18-32-24/h2,4-5,9-10,12-13,20,23,26H,3,6-8,11,14-18H2,1H3,(H,28,30)/t23-,26-/m0/s1. The van der Waals surface area contributed by atoms with Crippen LogP contribution in [0, 0.1) is 12.8 Å². The molecule has 0 unspecified atom stereocenters. The van der Waals surface area contributed by atoms with Crippen molar-refractivity contribution >= 4 is 5.91 Å². The summed E-state index contributed by atoms with van der Waals surface area (Å²) in [6, 6.07) is 13.9. The molecule has 0 spiro atoms. The zero-order valence-electron chi connectivity index (χ0n) is 19.8. The van der Waals surface area contributed by atoms with Gasteiger partial charge in [0.05, 0.1) is 6.10 Å². The van der Waals surface area contributed by atoms with E-state index in [9.17, 15) is 4.79 Å². The number of aryl methyl sites for hydroxylation is 1. The molecule has 1 aliphatic carbocycles. The van der Waals surface area contributed by atoms with Crippen molar-refractivity contribution in [3.8, 4) is 17.2 Å². The van der Waals surface area contributed by atoms with Crippen molar-refractivity contribution in [2.45, 2.75) is 51.4 Å². The first-order chi connectivity index (χ1) is 16.6. The Bertz CT molecular complexity index is 987. The molecule has 2 atom stereocenters. The highest BCUT2D eigenvalue weighted by atomic mass is 16.7. The molecular formula is C27H34N2O5. The highest BCUT2D eigenvalue weighted by Crippen LogP contribution is 2.33. The lowest BCUT2D eigenvalue weighted by molar-refractivity contribution is -0.129. The molecule has 0 bridgehead atoms. The summed E-state index contributed by atoms with van der Waals surface area (Å²) in [4.78, 5) is 15.5. The third-order valence-electron chi connectivity index (χ3n) is 6.58. The third kappa shape index (κ3) is 6.21. The maximum absolute atomic E-state index is 13.2. The summed E-state index contributed by atoms with van der Waals surface area (Å²) in [5.74, 6) is 2.81. The second-order valence-electron chi connectivity index (χ2n) is 9.63. The van der Waals surface area contributed by atoms with Crippen LogP contribution in [-0.4, -0.2) is 56.0 Å². The van der Waals surface area contributed by atoms with E-state index < -0.39 is 6.10 Å². The number of fused-ring (bicyclic) bond motifs is 1. The minimum Gasteiger partial charge on any atom is -0.479 e. The first-order valence-electron chi connectivity index (χ1n) is 12.4. The van der Waals surface area contributed by atoms with E-state index in [2.05, 4.69) is 16.3 Å². The average Bonchev–Trinajstić information content (AvgIpc) is 3.29. The van der Waals surface area contributed by atoms with Crippen LogP contribution in [0.1, 0.15) is 36.8 Å². The van der Waals surface area contributed by atoms with Gasteiger partial charge in [-0.25, -0.2) is 0 Å². The highest BCUT2D eigenvalue weighted by Gasteiger charge is 2.29. The smallest absolute Gasteiger partial charge is 0.262 e. The molecular weight excluding hydrogens is 432 g/mol. The minimum atomic E-state index is -0.615. The minimum absolute atomic E-state index is 0.0589. The number of nitrogens with one attached hydrogen (secondary N) is 1. The Hall–Kier alpha value is -2.77. The number of benzene rings is 2. The maximum Gasteiger partial charge on any atom is 0.262 e. The summed E-state index contributed by atoms with van der Waals surface area (Å²) in [7, 11) is 0. The fourth-order valence-electron chi connectivity index (χ4n) is 4.52. The van der Waals surface area contributed by atoms with Gasteiger partial charge in [-0.15, -0.1) is 0 Å². The van der Waals surface area contributed by atoms with Gasteiger partial charge in [0.1, 0.15) is 5.75 Å². The lowest BCUT2D eigenvalue weighted by Crippen LogP contribution is -2.47. The van der Waals surface area contributed by atoms with Crippen LogP contribution in [0.2, 0.25) is 0 Å². The molecule has 34 heavy (non-hydrogen) atoms. The predicted octanol–water partition coefficient (Wildman–Crippen LogP) is 3.68. The summed E-state index contributed by atoms with van der Waals surface area (Å²) in [6.07, 6.45) is 4.06. The van der Waals surface area contributed by atoms with Gasteiger partial charge < -0.3 is 24.3 Å².